The van der Waals surface area contributed by atoms with E-state index in [0.717, 1.165) is 12.1 Å². The number of rotatable bonds is 2. The Morgan fingerprint density at radius 3 is 2.88 bits per heavy atom. The highest BCUT2D eigenvalue weighted by molar-refractivity contribution is 7.80. The number of aromatic nitrogens is 3. The maximum atomic E-state index is 5.30. The van der Waals surface area contributed by atoms with Gasteiger partial charge in [-0.15, -0.1) is 10.2 Å². The zero-order valence-electron chi connectivity index (χ0n) is 9.29. The summed E-state index contributed by atoms with van der Waals surface area (Å²) in [5.41, 5.74) is 2.09. The average molecular weight is 245 g/mol. The molecule has 3 aromatic rings. The van der Waals surface area contributed by atoms with Crippen molar-refractivity contribution in [3.05, 3.63) is 30.5 Å². The maximum absolute atomic E-state index is 5.30. The van der Waals surface area contributed by atoms with Crippen LogP contribution in [0.15, 0.2) is 40.1 Å². The molecule has 0 unspecified atom stereocenters. The van der Waals surface area contributed by atoms with Crippen LogP contribution in [0.2, 0.25) is 0 Å². The molecule has 0 radical (unpaired) electrons. The lowest BCUT2D eigenvalue weighted by Gasteiger charge is -2.01. The molecule has 2 heterocycles. The summed E-state index contributed by atoms with van der Waals surface area (Å²) in [5, 5.41) is 9.17. The Labute approximate surface area is 104 Å². The number of benzene rings is 1. The number of hydrogen-bond acceptors (Lipinski definition) is 4. The fourth-order valence-corrected chi connectivity index (χ4v) is 2.06. The van der Waals surface area contributed by atoms with Crippen molar-refractivity contribution in [1.29, 1.82) is 0 Å². The second-order valence-corrected chi connectivity index (χ2v) is 4.15. The first-order valence-corrected chi connectivity index (χ1v) is 5.84. The van der Waals surface area contributed by atoms with E-state index in [9.17, 15) is 0 Å². The highest BCUT2D eigenvalue weighted by Crippen LogP contribution is 2.24. The second-order valence-electron chi connectivity index (χ2n) is 3.77. The first kappa shape index (κ1) is 10.4. The Morgan fingerprint density at radius 1 is 1.29 bits per heavy atom. The monoisotopic (exact) mass is 245 g/mol. The van der Waals surface area contributed by atoms with Crippen LogP contribution >= 0.6 is 12.6 Å². The van der Waals surface area contributed by atoms with Crippen molar-refractivity contribution in [3.63, 3.8) is 0 Å². The van der Waals surface area contributed by atoms with Crippen LogP contribution in [-0.2, 0) is 6.54 Å². The number of aryl methyl sites for hydroxylation is 1. The van der Waals surface area contributed by atoms with E-state index in [1.807, 2.05) is 6.07 Å². The third kappa shape index (κ3) is 1.72. The Bertz CT molecular complexity index is 671. The lowest BCUT2D eigenvalue weighted by molar-refractivity contribution is 0.468. The fraction of sp³-hybridized carbons (Fsp3) is 0.167. The molecule has 4 nitrogen and oxygen atoms in total. The van der Waals surface area contributed by atoms with E-state index < -0.39 is 0 Å². The van der Waals surface area contributed by atoms with Crippen LogP contribution in [0.25, 0.3) is 22.4 Å². The summed E-state index contributed by atoms with van der Waals surface area (Å²) in [6.45, 7) is 3.05. The molecule has 0 aliphatic rings. The maximum Gasteiger partial charge on any atom is 0.273 e. The van der Waals surface area contributed by atoms with Gasteiger partial charge in [-0.1, -0.05) is 18.7 Å². The number of nitrogens with zero attached hydrogens (tertiary/aromatic N) is 3. The molecule has 0 amide bonds. The summed E-state index contributed by atoms with van der Waals surface area (Å²) < 4.78 is 7.48. The quantitative estimate of drug-likeness (QED) is 0.706. The van der Waals surface area contributed by atoms with Crippen LogP contribution < -0.4 is 0 Å². The number of fused-ring (bicyclic) bond motifs is 1. The van der Waals surface area contributed by atoms with Gasteiger partial charge in [-0.2, -0.15) is 0 Å². The largest absolute Gasteiger partial charge is 0.411 e. The molecule has 0 spiro atoms. The van der Waals surface area contributed by atoms with Gasteiger partial charge in [0, 0.05) is 23.8 Å². The van der Waals surface area contributed by atoms with Crippen LogP contribution in [0.4, 0.5) is 0 Å². The van der Waals surface area contributed by atoms with E-state index in [1.165, 1.54) is 10.9 Å². The lowest BCUT2D eigenvalue weighted by Crippen LogP contribution is -1.90. The average Bonchev–Trinajstić information content (AvgIpc) is 2.94. The molecule has 0 fully saturated rings. The molecule has 5 heteroatoms. The smallest absolute Gasteiger partial charge is 0.273 e. The first-order chi connectivity index (χ1) is 8.28. The molecule has 2 aromatic heterocycles. The standard InChI is InChI=1S/C12H11N3OS/c1-2-15-6-5-8-3-4-9(7-10(8)15)11-13-14-12(17)16-11/h3-7H,2H2,1H3,(H,14,17). The van der Waals surface area contributed by atoms with Crippen molar-refractivity contribution >= 4 is 23.5 Å². The minimum Gasteiger partial charge on any atom is -0.411 e. The van der Waals surface area contributed by atoms with Gasteiger partial charge < -0.3 is 8.98 Å². The summed E-state index contributed by atoms with van der Waals surface area (Å²) in [5.74, 6) is 0.501. The summed E-state index contributed by atoms with van der Waals surface area (Å²) in [7, 11) is 0. The highest BCUT2D eigenvalue weighted by atomic mass is 32.1. The van der Waals surface area contributed by atoms with Crippen molar-refractivity contribution in [2.24, 2.45) is 0 Å². The first-order valence-electron chi connectivity index (χ1n) is 5.39. The van der Waals surface area contributed by atoms with E-state index >= 15 is 0 Å². The SMILES string of the molecule is CCn1ccc2ccc(-c3nnc(S)o3)cc21. The van der Waals surface area contributed by atoms with E-state index in [4.69, 9.17) is 4.42 Å². The predicted octanol–water partition coefficient (Wildman–Crippen LogP) is 3.00. The Balaban J connectivity index is 2.18. The molecule has 0 bridgehead atoms. The van der Waals surface area contributed by atoms with Gasteiger partial charge >= 0.3 is 0 Å². The van der Waals surface area contributed by atoms with Gasteiger partial charge in [0.2, 0.25) is 5.89 Å². The van der Waals surface area contributed by atoms with Gasteiger partial charge in [0.15, 0.2) is 0 Å². The van der Waals surface area contributed by atoms with Crippen LogP contribution in [-0.4, -0.2) is 14.8 Å². The summed E-state index contributed by atoms with van der Waals surface area (Å²) in [6, 6.07) is 8.18. The molecule has 0 aliphatic heterocycles. The molecular formula is C12H11N3OS. The Morgan fingerprint density at radius 2 is 2.18 bits per heavy atom. The molecule has 0 N–H and O–H groups in total. The van der Waals surface area contributed by atoms with Gasteiger partial charge in [-0.25, -0.2) is 0 Å². The van der Waals surface area contributed by atoms with Gasteiger partial charge in [0.25, 0.3) is 5.22 Å². The van der Waals surface area contributed by atoms with Gasteiger partial charge in [-0.05, 0) is 30.5 Å². The van der Waals surface area contributed by atoms with Crippen molar-refractivity contribution in [2.45, 2.75) is 18.7 Å². The molecule has 0 saturated carbocycles. The van der Waals surface area contributed by atoms with Crippen LogP contribution in [0, 0.1) is 0 Å². The van der Waals surface area contributed by atoms with E-state index in [1.54, 1.807) is 0 Å². The van der Waals surface area contributed by atoms with Crippen molar-refractivity contribution in [2.75, 3.05) is 0 Å². The van der Waals surface area contributed by atoms with E-state index in [2.05, 4.69) is 58.7 Å². The normalized spacial score (nSPS) is 11.2. The molecule has 0 atom stereocenters. The Hall–Kier alpha value is -1.75. The lowest BCUT2D eigenvalue weighted by atomic mass is 10.1. The zero-order valence-corrected chi connectivity index (χ0v) is 10.2. The highest BCUT2D eigenvalue weighted by Gasteiger charge is 2.08. The molecule has 3 rings (SSSR count). The summed E-state index contributed by atoms with van der Waals surface area (Å²) in [6.07, 6.45) is 2.08. The fourth-order valence-electron chi connectivity index (χ4n) is 1.92. The van der Waals surface area contributed by atoms with Gasteiger partial charge in [-0.3, -0.25) is 0 Å². The molecule has 0 saturated heterocycles. The Kier molecular flexibility index (Phi) is 2.40. The van der Waals surface area contributed by atoms with Crippen molar-refractivity contribution in [3.8, 4) is 11.5 Å². The molecule has 0 aliphatic carbocycles. The van der Waals surface area contributed by atoms with E-state index in [0.29, 0.717) is 5.89 Å². The van der Waals surface area contributed by atoms with Gasteiger partial charge in [0.1, 0.15) is 0 Å². The third-order valence-corrected chi connectivity index (χ3v) is 2.96. The van der Waals surface area contributed by atoms with Crippen molar-refractivity contribution < 1.29 is 4.42 Å². The topological polar surface area (TPSA) is 43.9 Å². The minimum absolute atomic E-state index is 0.283. The predicted molar refractivity (Wildman–Crippen MR) is 68.2 cm³/mol. The molecule has 86 valence electrons. The second kappa shape index (κ2) is 3.92. The molecular weight excluding hydrogens is 234 g/mol. The number of thiol groups is 1. The summed E-state index contributed by atoms with van der Waals surface area (Å²) in [4.78, 5) is 0. The molecule has 1 aromatic carbocycles. The third-order valence-electron chi connectivity index (χ3n) is 2.78. The zero-order chi connectivity index (χ0) is 11.8. The van der Waals surface area contributed by atoms with Gasteiger partial charge in [0.05, 0.1) is 0 Å². The van der Waals surface area contributed by atoms with Crippen molar-refractivity contribution in [1.82, 2.24) is 14.8 Å². The summed E-state index contributed by atoms with van der Waals surface area (Å²) >= 11 is 4.01. The molecule has 17 heavy (non-hydrogen) atoms. The van der Waals surface area contributed by atoms with Crippen LogP contribution in [0.5, 0.6) is 0 Å². The van der Waals surface area contributed by atoms with Crippen LogP contribution in [0.3, 0.4) is 0 Å². The van der Waals surface area contributed by atoms with Crippen LogP contribution in [0.1, 0.15) is 6.92 Å². The van der Waals surface area contributed by atoms with E-state index in [-0.39, 0.29) is 5.22 Å². The number of hydrogen-bond donors (Lipinski definition) is 1. The minimum atomic E-state index is 0.283.